The summed E-state index contributed by atoms with van der Waals surface area (Å²) in [5, 5.41) is 6.36. The van der Waals surface area contributed by atoms with Gasteiger partial charge in [-0.25, -0.2) is 0 Å². The zero-order valence-corrected chi connectivity index (χ0v) is 29.1. The fourth-order valence-corrected chi connectivity index (χ4v) is 7.18. The average molecular weight is 677 g/mol. The number of nitrogens with one attached hydrogen (secondary N) is 2. The van der Waals surface area contributed by atoms with Gasteiger partial charge in [-0.3, -0.25) is 29.5 Å². The van der Waals surface area contributed by atoms with E-state index in [9.17, 15) is 9.59 Å². The Kier molecular flexibility index (Phi) is 12.0. The van der Waals surface area contributed by atoms with E-state index in [1.165, 1.54) is 37.7 Å². The number of nitrogens with zero attached hydrogens (tertiary/aromatic N) is 4. The molecule has 2 amide bonds. The van der Waals surface area contributed by atoms with Crippen LogP contribution in [0.25, 0.3) is 0 Å². The van der Waals surface area contributed by atoms with Crippen molar-refractivity contribution in [1.82, 2.24) is 30.6 Å². The first-order chi connectivity index (χ1) is 24.4. The Morgan fingerprint density at radius 1 is 0.680 bits per heavy atom. The van der Waals surface area contributed by atoms with E-state index in [1.54, 1.807) is 37.1 Å². The summed E-state index contributed by atoms with van der Waals surface area (Å²) in [6.07, 6.45) is 20.5. The molecule has 2 aliphatic rings. The van der Waals surface area contributed by atoms with Gasteiger partial charge in [-0.2, -0.15) is 0 Å². The van der Waals surface area contributed by atoms with Crippen molar-refractivity contribution in [2.75, 3.05) is 0 Å². The molecule has 0 spiro atoms. The molecule has 2 aliphatic carbocycles. The van der Waals surface area contributed by atoms with Crippen LogP contribution in [0.3, 0.4) is 0 Å². The number of carbonyl (C=O) groups excluding carboxylic acids is 2. The van der Waals surface area contributed by atoms with Gasteiger partial charge in [0.1, 0.15) is 24.7 Å². The van der Waals surface area contributed by atoms with E-state index < -0.39 is 0 Å². The Balaban J connectivity index is 0.925. The Bertz CT molecular complexity index is 1670. The number of ether oxygens (including phenoxy) is 2. The van der Waals surface area contributed by atoms with Crippen molar-refractivity contribution in [3.8, 4) is 11.5 Å². The molecular formula is C40H48N6O4. The molecule has 4 heterocycles. The molecule has 0 aromatic carbocycles. The molecule has 0 radical (unpaired) electrons. The molecule has 0 bridgehead atoms. The van der Waals surface area contributed by atoms with Gasteiger partial charge in [-0.15, -0.1) is 0 Å². The summed E-state index contributed by atoms with van der Waals surface area (Å²) in [7, 11) is 0. The number of carbonyl (C=O) groups is 2. The molecule has 4 aromatic heterocycles. The van der Waals surface area contributed by atoms with Crippen molar-refractivity contribution < 1.29 is 19.1 Å². The van der Waals surface area contributed by atoms with Crippen LogP contribution in [0.5, 0.6) is 11.5 Å². The molecule has 2 saturated carbocycles. The molecule has 0 unspecified atom stereocenters. The van der Waals surface area contributed by atoms with E-state index in [4.69, 9.17) is 9.47 Å². The van der Waals surface area contributed by atoms with Crippen molar-refractivity contribution in [1.29, 1.82) is 0 Å². The van der Waals surface area contributed by atoms with Crippen LogP contribution in [0, 0.1) is 11.8 Å². The summed E-state index contributed by atoms with van der Waals surface area (Å²) in [5.74, 6) is 2.54. The van der Waals surface area contributed by atoms with Gasteiger partial charge in [0.05, 0.1) is 34.9 Å². The van der Waals surface area contributed by atoms with E-state index in [0.29, 0.717) is 53.6 Å². The molecule has 0 saturated heterocycles. The predicted molar refractivity (Wildman–Crippen MR) is 191 cm³/mol. The Morgan fingerprint density at radius 2 is 1.26 bits per heavy atom. The van der Waals surface area contributed by atoms with E-state index in [2.05, 4.69) is 50.5 Å². The third-order valence-electron chi connectivity index (χ3n) is 10.3. The fourth-order valence-electron chi connectivity index (χ4n) is 7.18. The van der Waals surface area contributed by atoms with Gasteiger partial charge in [0, 0.05) is 36.9 Å². The average Bonchev–Trinajstić information content (AvgIpc) is 3.17. The van der Waals surface area contributed by atoms with E-state index in [1.807, 2.05) is 36.5 Å². The highest BCUT2D eigenvalue weighted by Gasteiger charge is 2.28. The quantitative estimate of drug-likeness (QED) is 0.152. The second kappa shape index (κ2) is 17.2. The number of hydrogen-bond donors (Lipinski definition) is 2. The third-order valence-corrected chi connectivity index (χ3v) is 10.3. The van der Waals surface area contributed by atoms with Gasteiger partial charge in [-0.05, 0) is 118 Å². The van der Waals surface area contributed by atoms with Crippen molar-refractivity contribution in [3.63, 3.8) is 0 Å². The molecule has 2 atom stereocenters. The van der Waals surface area contributed by atoms with Crippen LogP contribution in [0.1, 0.15) is 115 Å². The van der Waals surface area contributed by atoms with Crippen LogP contribution >= 0.6 is 0 Å². The van der Waals surface area contributed by atoms with Gasteiger partial charge in [0.25, 0.3) is 11.8 Å². The lowest BCUT2D eigenvalue weighted by Gasteiger charge is -2.32. The summed E-state index contributed by atoms with van der Waals surface area (Å²) in [6.45, 7) is 4.81. The summed E-state index contributed by atoms with van der Waals surface area (Å²) in [5.41, 5.74) is 3.77. The van der Waals surface area contributed by atoms with Crippen LogP contribution in [0.4, 0.5) is 0 Å². The van der Waals surface area contributed by atoms with Gasteiger partial charge >= 0.3 is 0 Å². The van der Waals surface area contributed by atoms with Gasteiger partial charge < -0.3 is 20.1 Å². The van der Waals surface area contributed by atoms with Crippen LogP contribution < -0.4 is 20.1 Å². The minimum absolute atomic E-state index is 0.0510. The number of aromatic nitrogens is 4. The van der Waals surface area contributed by atoms with Gasteiger partial charge in [0.2, 0.25) is 0 Å². The van der Waals surface area contributed by atoms with Crippen molar-refractivity contribution >= 4 is 11.8 Å². The van der Waals surface area contributed by atoms with E-state index in [0.717, 1.165) is 37.1 Å². The van der Waals surface area contributed by atoms with Crippen molar-refractivity contribution in [2.45, 2.75) is 103 Å². The second-order valence-corrected chi connectivity index (χ2v) is 13.8. The van der Waals surface area contributed by atoms with E-state index >= 15 is 0 Å². The number of amides is 2. The smallest absolute Gasteiger partial charge is 0.253 e. The second-order valence-electron chi connectivity index (χ2n) is 13.8. The number of pyridine rings is 4. The van der Waals surface area contributed by atoms with Crippen LogP contribution in [0.2, 0.25) is 0 Å². The standard InChI is InChI=1S/C40H48N6O4/c1-27(29-7-4-3-5-8-29)45-39(47)32-15-17-36(44-22-32)26-50-38-19-34(20-42-24-38)31-12-10-30(11-13-31)28(2)46-40(48)33-14-16-35(43-21-33)25-49-37-9-6-18-41-23-37/h6,9,14-24,27-31H,3-5,7-8,10-13,25-26H2,1-2H3,(H,45,47)(H,46,48)/t27-,28-,30?,31?/m1/s1. The van der Waals surface area contributed by atoms with Crippen LogP contribution in [-0.4, -0.2) is 43.8 Å². The van der Waals surface area contributed by atoms with Crippen molar-refractivity contribution in [3.05, 3.63) is 108 Å². The number of hydrogen-bond acceptors (Lipinski definition) is 8. The Hall–Kier alpha value is -4.86. The highest BCUT2D eigenvalue weighted by atomic mass is 16.5. The highest BCUT2D eigenvalue weighted by molar-refractivity contribution is 5.94. The largest absolute Gasteiger partial charge is 0.486 e. The van der Waals surface area contributed by atoms with Gasteiger partial charge in [0.15, 0.2) is 0 Å². The molecule has 262 valence electrons. The molecule has 6 rings (SSSR count). The summed E-state index contributed by atoms with van der Waals surface area (Å²) in [4.78, 5) is 43.2. The zero-order valence-electron chi connectivity index (χ0n) is 29.1. The Morgan fingerprint density at radius 3 is 1.82 bits per heavy atom. The highest BCUT2D eigenvalue weighted by Crippen LogP contribution is 2.38. The lowest BCUT2D eigenvalue weighted by Crippen LogP contribution is -2.39. The van der Waals surface area contributed by atoms with E-state index in [-0.39, 0.29) is 23.9 Å². The predicted octanol–water partition coefficient (Wildman–Crippen LogP) is 7.22. The lowest BCUT2D eigenvalue weighted by atomic mass is 9.76. The molecule has 10 heteroatoms. The monoisotopic (exact) mass is 676 g/mol. The first-order valence-electron chi connectivity index (χ1n) is 18.0. The molecule has 4 aromatic rings. The van der Waals surface area contributed by atoms with Crippen LogP contribution in [-0.2, 0) is 13.2 Å². The molecule has 0 aliphatic heterocycles. The zero-order chi connectivity index (χ0) is 34.7. The third kappa shape index (κ3) is 9.64. The maximum atomic E-state index is 13.0. The first kappa shape index (κ1) is 35.0. The molecule has 50 heavy (non-hydrogen) atoms. The Labute approximate surface area is 294 Å². The van der Waals surface area contributed by atoms with Gasteiger partial charge in [-0.1, -0.05) is 19.3 Å². The first-order valence-corrected chi connectivity index (χ1v) is 18.0. The molecule has 2 fully saturated rings. The summed E-state index contributed by atoms with van der Waals surface area (Å²) in [6, 6.07) is 13.2. The van der Waals surface area contributed by atoms with Crippen LogP contribution in [0.15, 0.2) is 79.6 Å². The minimum Gasteiger partial charge on any atom is -0.486 e. The SMILES string of the molecule is C[C@@H](NC(=O)c1ccc(COc2cncc(C3CCC([C@@H](C)NC(=O)c4ccc(COc5cccnc5)nc4)CC3)c2)nc1)C1CCCCC1. The normalized spacial score (nSPS) is 19.2. The lowest BCUT2D eigenvalue weighted by molar-refractivity contribution is 0.0909. The van der Waals surface area contributed by atoms with Crippen molar-refractivity contribution in [2.24, 2.45) is 11.8 Å². The number of rotatable bonds is 13. The summed E-state index contributed by atoms with van der Waals surface area (Å²) >= 11 is 0. The maximum Gasteiger partial charge on any atom is 0.253 e. The fraction of sp³-hybridized carbons (Fsp3) is 0.450. The maximum absolute atomic E-state index is 13.0. The topological polar surface area (TPSA) is 128 Å². The molecular weight excluding hydrogens is 628 g/mol. The summed E-state index contributed by atoms with van der Waals surface area (Å²) < 4.78 is 11.8. The molecule has 2 N–H and O–H groups in total. The minimum atomic E-state index is -0.113. The molecule has 10 nitrogen and oxygen atoms in total.